The van der Waals surface area contributed by atoms with Crippen molar-refractivity contribution in [3.05, 3.63) is 65.3 Å². The lowest BCUT2D eigenvalue weighted by atomic mass is 9.86. The number of benzene rings is 2. The first-order chi connectivity index (χ1) is 16.6. The molecule has 0 unspecified atom stereocenters. The summed E-state index contributed by atoms with van der Waals surface area (Å²) < 4.78 is 0. The molecule has 4 aromatic rings. The fourth-order valence-corrected chi connectivity index (χ4v) is 5.04. The maximum atomic E-state index is 6.41. The minimum absolute atomic E-state index is 0.409. The quantitative estimate of drug-likeness (QED) is 0.337. The number of para-hydroxylation sites is 2. The van der Waals surface area contributed by atoms with Crippen LogP contribution < -0.4 is 15.5 Å². The minimum atomic E-state index is 0.409. The van der Waals surface area contributed by atoms with Crippen LogP contribution in [0.1, 0.15) is 31.2 Å². The van der Waals surface area contributed by atoms with Crippen LogP contribution in [0.15, 0.2) is 54.6 Å². The molecule has 2 aromatic carbocycles. The standard InChI is InChI=1S/C27H31ClN6/c1-34(2)26-22-8-4-6-10-24(22)32-27(33-26)30-21-13-11-18(12-14-21)16-29-17-20-15-19-7-3-5-9-23(19)31-25(20)28/h3-10,15,18,21,29H,11-14,16-17H2,1-2H3,(H,30,32,33)/t18-,21+. The molecule has 7 heteroatoms. The second kappa shape index (κ2) is 10.1. The number of fused-ring (bicyclic) bond motifs is 2. The van der Waals surface area contributed by atoms with E-state index in [9.17, 15) is 0 Å². The van der Waals surface area contributed by atoms with Crippen LogP contribution in [0.4, 0.5) is 11.8 Å². The van der Waals surface area contributed by atoms with Gasteiger partial charge in [-0.25, -0.2) is 9.97 Å². The maximum absolute atomic E-state index is 6.41. The zero-order chi connectivity index (χ0) is 23.5. The van der Waals surface area contributed by atoms with E-state index in [4.69, 9.17) is 21.6 Å². The molecule has 0 atom stereocenters. The Bertz CT molecular complexity index is 1280. The molecule has 2 aromatic heterocycles. The number of anilines is 2. The smallest absolute Gasteiger partial charge is 0.225 e. The topological polar surface area (TPSA) is 66.0 Å². The largest absolute Gasteiger partial charge is 0.362 e. The van der Waals surface area contributed by atoms with E-state index in [1.807, 2.05) is 44.4 Å². The maximum Gasteiger partial charge on any atom is 0.225 e. The molecule has 2 heterocycles. The van der Waals surface area contributed by atoms with Gasteiger partial charge in [-0.2, -0.15) is 4.98 Å². The van der Waals surface area contributed by atoms with E-state index < -0.39 is 0 Å². The summed E-state index contributed by atoms with van der Waals surface area (Å²) in [4.78, 5) is 16.1. The van der Waals surface area contributed by atoms with Gasteiger partial charge in [-0.1, -0.05) is 41.9 Å². The van der Waals surface area contributed by atoms with Gasteiger partial charge in [0.1, 0.15) is 11.0 Å². The van der Waals surface area contributed by atoms with E-state index in [2.05, 4.69) is 44.8 Å². The summed E-state index contributed by atoms with van der Waals surface area (Å²) in [7, 11) is 4.05. The molecule has 0 spiro atoms. The third-order valence-electron chi connectivity index (χ3n) is 6.69. The SMILES string of the molecule is CN(C)c1nc(N[C@H]2CC[C@@H](CNCc3cc4ccccc4nc3Cl)CC2)nc2ccccc12. The molecule has 6 nitrogen and oxygen atoms in total. The van der Waals surface area contributed by atoms with Crippen molar-refractivity contribution in [3.63, 3.8) is 0 Å². The highest BCUT2D eigenvalue weighted by molar-refractivity contribution is 6.30. The number of hydrogen-bond donors (Lipinski definition) is 2. The first-order valence-electron chi connectivity index (χ1n) is 12.0. The average molecular weight is 475 g/mol. The van der Waals surface area contributed by atoms with Crippen LogP contribution in [0.5, 0.6) is 0 Å². The lowest BCUT2D eigenvalue weighted by Gasteiger charge is -2.29. The van der Waals surface area contributed by atoms with Crippen molar-refractivity contribution in [2.75, 3.05) is 30.9 Å². The van der Waals surface area contributed by atoms with Crippen molar-refractivity contribution in [3.8, 4) is 0 Å². The number of rotatable bonds is 7. The lowest BCUT2D eigenvalue weighted by molar-refractivity contribution is 0.324. The van der Waals surface area contributed by atoms with E-state index in [-0.39, 0.29) is 0 Å². The molecule has 0 amide bonds. The van der Waals surface area contributed by atoms with Gasteiger partial charge in [-0.3, -0.25) is 0 Å². The second-order valence-electron chi connectivity index (χ2n) is 9.41. The molecule has 176 valence electrons. The zero-order valence-corrected chi connectivity index (χ0v) is 20.5. The highest BCUT2D eigenvalue weighted by Crippen LogP contribution is 2.28. The van der Waals surface area contributed by atoms with Gasteiger partial charge in [0.25, 0.3) is 0 Å². The molecule has 0 bridgehead atoms. The predicted molar refractivity (Wildman–Crippen MR) is 142 cm³/mol. The number of aromatic nitrogens is 3. The molecule has 2 N–H and O–H groups in total. The summed E-state index contributed by atoms with van der Waals surface area (Å²) in [5, 5.41) is 10.0. The zero-order valence-electron chi connectivity index (χ0n) is 19.8. The Hall–Kier alpha value is -2.96. The van der Waals surface area contributed by atoms with Crippen LogP contribution in [-0.4, -0.2) is 41.6 Å². The van der Waals surface area contributed by atoms with Gasteiger partial charge < -0.3 is 15.5 Å². The third-order valence-corrected chi connectivity index (χ3v) is 7.01. The van der Waals surface area contributed by atoms with Crippen LogP contribution in [0.3, 0.4) is 0 Å². The summed E-state index contributed by atoms with van der Waals surface area (Å²) in [5.41, 5.74) is 2.97. The number of nitrogens with zero attached hydrogens (tertiary/aromatic N) is 4. The lowest BCUT2D eigenvalue weighted by Crippen LogP contribution is -2.31. The Balaban J connectivity index is 1.14. The molecule has 0 aliphatic heterocycles. The van der Waals surface area contributed by atoms with Crippen molar-refractivity contribution in [2.24, 2.45) is 5.92 Å². The molecule has 1 aliphatic rings. The van der Waals surface area contributed by atoms with Crippen LogP contribution >= 0.6 is 11.6 Å². The van der Waals surface area contributed by atoms with E-state index in [1.54, 1.807) is 0 Å². The first kappa shape index (κ1) is 22.8. The molecule has 1 fully saturated rings. The second-order valence-corrected chi connectivity index (χ2v) is 9.76. The van der Waals surface area contributed by atoms with Gasteiger partial charge in [0.05, 0.1) is 11.0 Å². The number of pyridine rings is 1. The van der Waals surface area contributed by atoms with E-state index in [0.29, 0.717) is 17.1 Å². The molecule has 1 aliphatic carbocycles. The molecular formula is C27H31ClN6. The monoisotopic (exact) mass is 474 g/mol. The molecule has 34 heavy (non-hydrogen) atoms. The Labute approximate surface area is 205 Å². The Kier molecular flexibility index (Phi) is 6.79. The summed E-state index contributed by atoms with van der Waals surface area (Å²) in [6.07, 6.45) is 4.61. The van der Waals surface area contributed by atoms with Gasteiger partial charge in [0, 0.05) is 43.0 Å². The summed E-state index contributed by atoms with van der Waals surface area (Å²) in [6.45, 7) is 1.74. The van der Waals surface area contributed by atoms with Crippen molar-refractivity contribution in [2.45, 2.75) is 38.3 Å². The number of hydrogen-bond acceptors (Lipinski definition) is 6. The Morgan fingerprint density at radius 3 is 2.44 bits per heavy atom. The summed E-state index contributed by atoms with van der Waals surface area (Å²) in [6, 6.07) is 18.8. The van der Waals surface area contributed by atoms with Crippen LogP contribution in [-0.2, 0) is 6.54 Å². The van der Waals surface area contributed by atoms with Crippen molar-refractivity contribution < 1.29 is 0 Å². The summed E-state index contributed by atoms with van der Waals surface area (Å²) in [5.74, 6) is 2.34. The van der Waals surface area contributed by atoms with Crippen LogP contribution in [0, 0.1) is 5.92 Å². The average Bonchev–Trinajstić information content (AvgIpc) is 2.85. The summed E-state index contributed by atoms with van der Waals surface area (Å²) >= 11 is 6.41. The van der Waals surface area contributed by atoms with Crippen molar-refractivity contribution >= 4 is 45.2 Å². The van der Waals surface area contributed by atoms with Gasteiger partial charge in [0.2, 0.25) is 5.95 Å². The van der Waals surface area contributed by atoms with Crippen LogP contribution in [0.25, 0.3) is 21.8 Å². The Morgan fingerprint density at radius 2 is 1.65 bits per heavy atom. The Morgan fingerprint density at radius 1 is 0.912 bits per heavy atom. The number of halogens is 1. The van der Waals surface area contributed by atoms with Gasteiger partial charge in [-0.15, -0.1) is 0 Å². The van der Waals surface area contributed by atoms with Crippen molar-refractivity contribution in [1.82, 2.24) is 20.3 Å². The van der Waals surface area contributed by atoms with Crippen LogP contribution in [0.2, 0.25) is 5.15 Å². The molecule has 1 saturated carbocycles. The fourth-order valence-electron chi connectivity index (χ4n) is 4.83. The highest BCUT2D eigenvalue weighted by atomic mass is 35.5. The molecular weight excluding hydrogens is 444 g/mol. The van der Waals surface area contributed by atoms with E-state index in [1.165, 1.54) is 12.8 Å². The normalized spacial score (nSPS) is 18.3. The number of nitrogens with one attached hydrogen (secondary N) is 2. The first-order valence-corrected chi connectivity index (χ1v) is 12.4. The van der Waals surface area contributed by atoms with Gasteiger partial charge in [0.15, 0.2) is 0 Å². The fraction of sp³-hybridized carbons (Fsp3) is 0.370. The minimum Gasteiger partial charge on any atom is -0.362 e. The van der Waals surface area contributed by atoms with E-state index >= 15 is 0 Å². The molecule has 0 saturated heterocycles. The van der Waals surface area contributed by atoms with Gasteiger partial charge in [-0.05, 0) is 62.4 Å². The van der Waals surface area contributed by atoms with E-state index in [0.717, 1.165) is 65.1 Å². The molecule has 5 rings (SSSR count). The third kappa shape index (κ3) is 5.08. The van der Waals surface area contributed by atoms with Crippen molar-refractivity contribution in [1.29, 1.82) is 0 Å². The van der Waals surface area contributed by atoms with Gasteiger partial charge >= 0.3 is 0 Å². The predicted octanol–water partition coefficient (Wildman–Crippen LogP) is 5.66. The molecule has 0 radical (unpaired) electrons. The highest BCUT2D eigenvalue weighted by Gasteiger charge is 2.22.